The van der Waals surface area contributed by atoms with Gasteiger partial charge in [0.25, 0.3) is 0 Å². The fourth-order valence-corrected chi connectivity index (χ4v) is 12.1. The Kier molecular flexibility index (Phi) is 71.6. The van der Waals surface area contributed by atoms with Crippen molar-refractivity contribution in [2.75, 3.05) is 6.61 Å². The fourth-order valence-electron chi connectivity index (χ4n) is 12.1. The van der Waals surface area contributed by atoms with Crippen molar-refractivity contribution in [3.8, 4) is 0 Å². The maximum Gasteiger partial charge on any atom is 0.220 e. The largest absolute Gasteiger partial charge is 0.394 e. The quantitative estimate of drug-likeness (QED) is 0.0420. The first-order chi connectivity index (χ1) is 40.2. The van der Waals surface area contributed by atoms with E-state index in [1.807, 2.05) is 6.08 Å². The van der Waals surface area contributed by atoms with Gasteiger partial charge in [-0.1, -0.05) is 403 Å². The number of carbonyl (C=O) groups excluding carboxylic acids is 1. The molecule has 4 nitrogen and oxygen atoms in total. The number of allylic oxidation sites excluding steroid dienone is 5. The van der Waals surface area contributed by atoms with Crippen LogP contribution in [-0.4, -0.2) is 34.9 Å². The van der Waals surface area contributed by atoms with Crippen LogP contribution in [0.1, 0.15) is 431 Å². The molecule has 81 heavy (non-hydrogen) atoms. The molecule has 2 atom stereocenters. The van der Waals surface area contributed by atoms with E-state index in [-0.39, 0.29) is 12.5 Å². The van der Waals surface area contributed by atoms with E-state index in [4.69, 9.17) is 0 Å². The van der Waals surface area contributed by atoms with Crippen LogP contribution in [0.2, 0.25) is 0 Å². The van der Waals surface area contributed by atoms with Crippen molar-refractivity contribution >= 4 is 5.91 Å². The Hall–Kier alpha value is -1.39. The van der Waals surface area contributed by atoms with Crippen LogP contribution in [0, 0.1) is 0 Å². The topological polar surface area (TPSA) is 69.6 Å². The molecule has 0 bridgehead atoms. The average molecular weight is 1140 g/mol. The lowest BCUT2D eigenvalue weighted by atomic mass is 10.0. The molecule has 0 aliphatic carbocycles. The molecule has 0 aromatic rings. The molecule has 0 fully saturated rings. The van der Waals surface area contributed by atoms with Gasteiger partial charge in [-0.25, -0.2) is 0 Å². The van der Waals surface area contributed by atoms with Gasteiger partial charge in [-0.2, -0.15) is 0 Å². The maximum absolute atomic E-state index is 12.6. The molecule has 0 aromatic carbocycles. The first kappa shape index (κ1) is 79.6. The SMILES string of the molecule is CCCCCCCCCC/C=C\CCCCCCCCCCCCCCCCCCCCCCCCCCCC(=O)NC(CO)C(O)/C=C/CC/C=C/CCCCCCCCCCCCCCCCCCCCCCCCCCCC. The molecule has 0 aliphatic heterocycles. The molecule has 4 heteroatoms. The Morgan fingerprint density at radius 3 is 0.716 bits per heavy atom. The Balaban J connectivity index is 3.41. The summed E-state index contributed by atoms with van der Waals surface area (Å²) in [6.07, 6.45) is 101. The average Bonchev–Trinajstić information content (AvgIpc) is 3.47. The molecule has 0 radical (unpaired) electrons. The van der Waals surface area contributed by atoms with Crippen LogP contribution in [0.4, 0.5) is 0 Å². The van der Waals surface area contributed by atoms with Gasteiger partial charge in [-0.15, -0.1) is 0 Å². The molecule has 0 spiro atoms. The van der Waals surface area contributed by atoms with Gasteiger partial charge >= 0.3 is 0 Å². The van der Waals surface area contributed by atoms with Crippen molar-refractivity contribution in [3.63, 3.8) is 0 Å². The monoisotopic (exact) mass is 1140 g/mol. The Morgan fingerprint density at radius 2 is 0.481 bits per heavy atom. The highest BCUT2D eigenvalue weighted by Gasteiger charge is 2.18. The lowest BCUT2D eigenvalue weighted by Crippen LogP contribution is -2.45. The smallest absolute Gasteiger partial charge is 0.220 e. The highest BCUT2D eigenvalue weighted by Crippen LogP contribution is 2.20. The molecule has 1 amide bonds. The first-order valence-corrected chi connectivity index (χ1v) is 37.7. The Labute approximate surface area is 510 Å². The number of hydrogen-bond acceptors (Lipinski definition) is 3. The van der Waals surface area contributed by atoms with Gasteiger partial charge in [0.15, 0.2) is 0 Å². The molecular formula is C77H149NO3. The Bertz CT molecular complexity index is 1240. The summed E-state index contributed by atoms with van der Waals surface area (Å²) in [5, 5.41) is 23.3. The van der Waals surface area contributed by atoms with E-state index in [1.165, 1.54) is 379 Å². The third kappa shape index (κ3) is 69.3. The fraction of sp³-hybridized carbons (Fsp3) is 0.909. The Morgan fingerprint density at radius 1 is 0.284 bits per heavy atom. The van der Waals surface area contributed by atoms with Gasteiger partial charge in [-0.3, -0.25) is 4.79 Å². The maximum atomic E-state index is 12.6. The number of carbonyl (C=O) groups is 1. The van der Waals surface area contributed by atoms with Gasteiger partial charge in [0.2, 0.25) is 5.91 Å². The molecular weight excluding hydrogens is 987 g/mol. The summed E-state index contributed by atoms with van der Waals surface area (Å²) in [7, 11) is 0. The molecule has 3 N–H and O–H groups in total. The lowest BCUT2D eigenvalue weighted by Gasteiger charge is -2.19. The standard InChI is InChI=1S/C77H149NO3/c1-3-5-7-9-11-13-15-17-19-21-23-25-27-29-31-33-35-37-38-39-40-41-43-45-47-49-51-53-55-57-59-61-63-65-67-69-71-73-77(81)78-75(74-79)76(80)72-70-68-66-64-62-60-58-56-54-52-50-48-46-44-42-36-34-32-30-28-26-24-22-20-18-16-14-12-10-8-6-4-2/h21,23,62,64,70,72,75-76,79-80H,3-20,22,24-61,63,65-69,71,73-74H2,1-2H3,(H,78,81)/b23-21-,64-62+,72-70+. The highest BCUT2D eigenvalue weighted by molar-refractivity contribution is 5.76. The van der Waals surface area contributed by atoms with Crippen molar-refractivity contribution in [1.82, 2.24) is 5.32 Å². The third-order valence-corrected chi connectivity index (χ3v) is 17.8. The summed E-state index contributed by atoms with van der Waals surface area (Å²) in [5.74, 6) is -0.0643. The minimum atomic E-state index is -0.863. The van der Waals surface area contributed by atoms with E-state index in [9.17, 15) is 15.0 Å². The molecule has 480 valence electrons. The predicted molar refractivity (Wildman–Crippen MR) is 364 cm³/mol. The predicted octanol–water partition coefficient (Wildman–Crippen LogP) is 25.9. The van der Waals surface area contributed by atoms with Crippen molar-refractivity contribution < 1.29 is 15.0 Å². The zero-order valence-corrected chi connectivity index (χ0v) is 55.6. The molecule has 0 saturated carbocycles. The number of rotatable bonds is 71. The van der Waals surface area contributed by atoms with Gasteiger partial charge in [0, 0.05) is 6.42 Å². The highest BCUT2D eigenvalue weighted by atomic mass is 16.3. The number of aliphatic hydroxyl groups is 2. The zero-order valence-electron chi connectivity index (χ0n) is 55.6. The van der Waals surface area contributed by atoms with E-state index >= 15 is 0 Å². The van der Waals surface area contributed by atoms with Crippen LogP contribution in [0.3, 0.4) is 0 Å². The van der Waals surface area contributed by atoms with Crippen LogP contribution >= 0.6 is 0 Å². The van der Waals surface area contributed by atoms with Crippen molar-refractivity contribution in [1.29, 1.82) is 0 Å². The summed E-state index contributed by atoms with van der Waals surface area (Å²) < 4.78 is 0. The normalized spacial score (nSPS) is 12.8. The van der Waals surface area contributed by atoms with E-state index in [1.54, 1.807) is 6.08 Å². The van der Waals surface area contributed by atoms with E-state index < -0.39 is 12.1 Å². The van der Waals surface area contributed by atoms with Crippen LogP contribution in [-0.2, 0) is 4.79 Å². The number of hydrogen-bond donors (Lipinski definition) is 3. The summed E-state index contributed by atoms with van der Waals surface area (Å²) >= 11 is 0. The summed E-state index contributed by atoms with van der Waals surface area (Å²) in [6, 6.07) is -0.639. The number of amides is 1. The molecule has 0 aromatic heterocycles. The van der Waals surface area contributed by atoms with Crippen LogP contribution in [0.5, 0.6) is 0 Å². The number of unbranched alkanes of at least 4 members (excludes halogenated alkanes) is 60. The molecule has 0 aliphatic rings. The van der Waals surface area contributed by atoms with Crippen molar-refractivity contribution in [3.05, 3.63) is 36.5 Å². The van der Waals surface area contributed by atoms with E-state index in [2.05, 4.69) is 43.5 Å². The second kappa shape index (κ2) is 72.9. The van der Waals surface area contributed by atoms with Gasteiger partial charge in [-0.05, 0) is 57.8 Å². The number of aliphatic hydroxyl groups excluding tert-OH is 2. The number of nitrogens with one attached hydrogen (secondary N) is 1. The van der Waals surface area contributed by atoms with E-state index in [0.29, 0.717) is 6.42 Å². The van der Waals surface area contributed by atoms with Crippen LogP contribution in [0.15, 0.2) is 36.5 Å². The second-order valence-corrected chi connectivity index (χ2v) is 26.1. The summed E-state index contributed by atoms with van der Waals surface area (Å²) in [6.45, 7) is 4.35. The van der Waals surface area contributed by atoms with Crippen molar-refractivity contribution in [2.45, 2.75) is 443 Å². The van der Waals surface area contributed by atoms with E-state index in [0.717, 1.165) is 32.1 Å². The zero-order chi connectivity index (χ0) is 58.4. The van der Waals surface area contributed by atoms with Gasteiger partial charge in [0.1, 0.15) is 0 Å². The van der Waals surface area contributed by atoms with Crippen LogP contribution < -0.4 is 5.32 Å². The molecule has 0 rings (SSSR count). The van der Waals surface area contributed by atoms with Gasteiger partial charge < -0.3 is 15.5 Å². The van der Waals surface area contributed by atoms with Gasteiger partial charge in [0.05, 0.1) is 18.8 Å². The second-order valence-electron chi connectivity index (χ2n) is 26.1. The molecule has 2 unspecified atom stereocenters. The minimum Gasteiger partial charge on any atom is -0.394 e. The summed E-state index contributed by atoms with van der Waals surface area (Å²) in [5.41, 5.74) is 0. The first-order valence-electron chi connectivity index (χ1n) is 37.7. The van der Waals surface area contributed by atoms with Crippen LogP contribution in [0.25, 0.3) is 0 Å². The lowest BCUT2D eigenvalue weighted by molar-refractivity contribution is -0.123. The minimum absolute atomic E-state index is 0.0643. The molecule has 0 heterocycles. The third-order valence-electron chi connectivity index (χ3n) is 17.8. The van der Waals surface area contributed by atoms with Crippen molar-refractivity contribution in [2.24, 2.45) is 0 Å². The molecule has 0 saturated heterocycles. The summed E-state index contributed by atoms with van der Waals surface area (Å²) in [4.78, 5) is 12.6.